The number of anilines is 1. The molecule has 0 amide bonds. The minimum absolute atomic E-state index is 0. The Morgan fingerprint density at radius 3 is 2.21 bits per heavy atom. The van der Waals surface area contributed by atoms with E-state index in [2.05, 4.69) is 5.32 Å². The summed E-state index contributed by atoms with van der Waals surface area (Å²) in [6, 6.07) is 9.29. The summed E-state index contributed by atoms with van der Waals surface area (Å²) in [5.41, 5.74) is -0.114. The van der Waals surface area contributed by atoms with Crippen molar-refractivity contribution >= 4 is 24.1 Å². The summed E-state index contributed by atoms with van der Waals surface area (Å²) in [4.78, 5) is 10.8. The number of hydrogen-bond acceptors (Lipinski definition) is 2. The normalized spacial score (nSPS) is 10.1. The molecule has 1 aromatic rings. The Labute approximate surface area is 89.5 Å². The second-order valence-electron chi connectivity index (χ2n) is 3.42. The summed E-state index contributed by atoms with van der Waals surface area (Å²) >= 11 is 0. The Balaban J connectivity index is 0.00000169. The number of benzene rings is 1. The minimum Gasteiger partial charge on any atom is -0.480 e. The molecule has 3 nitrogen and oxygen atoms in total. The van der Waals surface area contributed by atoms with Gasteiger partial charge < -0.3 is 10.4 Å². The van der Waals surface area contributed by atoms with Crippen LogP contribution in [0.3, 0.4) is 0 Å². The standard InChI is InChI=1S/C10H13NO2.ClH/c1-10(2,9(12)13)11-8-6-4-3-5-7-8;/h3-7,11H,1-2H3,(H,12,13);1H. The zero-order valence-electron chi connectivity index (χ0n) is 8.15. The third kappa shape index (κ3) is 3.26. The average Bonchev–Trinajstić information content (AvgIpc) is 2.05. The highest BCUT2D eigenvalue weighted by Crippen LogP contribution is 2.14. The first-order chi connectivity index (χ1) is 6.02. The molecule has 1 aromatic carbocycles. The number of hydrogen-bond donors (Lipinski definition) is 2. The van der Waals surface area contributed by atoms with Gasteiger partial charge in [0.25, 0.3) is 0 Å². The number of carboxylic acid groups (broad SMARTS) is 1. The number of rotatable bonds is 3. The number of aliphatic carboxylic acids is 1. The zero-order valence-corrected chi connectivity index (χ0v) is 8.97. The van der Waals surface area contributed by atoms with Crippen LogP contribution in [0.4, 0.5) is 5.69 Å². The summed E-state index contributed by atoms with van der Waals surface area (Å²) in [5, 5.41) is 11.8. The molecule has 0 fully saturated rings. The molecule has 14 heavy (non-hydrogen) atoms. The lowest BCUT2D eigenvalue weighted by molar-refractivity contribution is -0.141. The van der Waals surface area contributed by atoms with E-state index in [0.717, 1.165) is 5.69 Å². The Hall–Kier alpha value is -1.22. The molecular weight excluding hydrogens is 202 g/mol. The Kier molecular flexibility index (Phi) is 4.44. The Morgan fingerprint density at radius 1 is 1.29 bits per heavy atom. The largest absolute Gasteiger partial charge is 0.480 e. The molecule has 0 aliphatic heterocycles. The maximum atomic E-state index is 10.8. The third-order valence-corrected chi connectivity index (χ3v) is 1.77. The molecule has 0 aliphatic rings. The van der Waals surface area contributed by atoms with E-state index in [1.54, 1.807) is 13.8 Å². The van der Waals surface area contributed by atoms with Crippen LogP contribution in [0.1, 0.15) is 13.8 Å². The lowest BCUT2D eigenvalue weighted by Gasteiger charge is -2.22. The second-order valence-corrected chi connectivity index (χ2v) is 3.42. The van der Waals surface area contributed by atoms with E-state index in [-0.39, 0.29) is 12.4 Å². The maximum absolute atomic E-state index is 10.8. The molecule has 0 spiro atoms. The highest BCUT2D eigenvalue weighted by molar-refractivity contribution is 5.85. The topological polar surface area (TPSA) is 49.3 Å². The number of carboxylic acids is 1. The van der Waals surface area contributed by atoms with Gasteiger partial charge in [-0.2, -0.15) is 0 Å². The van der Waals surface area contributed by atoms with Crippen molar-refractivity contribution in [3.05, 3.63) is 30.3 Å². The van der Waals surface area contributed by atoms with Gasteiger partial charge in [-0.25, -0.2) is 4.79 Å². The maximum Gasteiger partial charge on any atom is 0.328 e. The van der Waals surface area contributed by atoms with Crippen LogP contribution >= 0.6 is 12.4 Å². The summed E-state index contributed by atoms with van der Waals surface area (Å²) in [5.74, 6) is -0.864. The fourth-order valence-electron chi connectivity index (χ4n) is 0.936. The molecule has 2 N–H and O–H groups in total. The van der Waals surface area contributed by atoms with Crippen molar-refractivity contribution in [3.8, 4) is 0 Å². The van der Waals surface area contributed by atoms with E-state index in [1.807, 2.05) is 30.3 Å². The molecule has 0 unspecified atom stereocenters. The third-order valence-electron chi connectivity index (χ3n) is 1.77. The molecular formula is C10H14ClNO2. The first-order valence-electron chi connectivity index (χ1n) is 4.09. The van der Waals surface area contributed by atoms with Crippen molar-refractivity contribution in [1.29, 1.82) is 0 Å². The lowest BCUT2D eigenvalue weighted by atomic mass is 10.1. The first kappa shape index (κ1) is 12.8. The predicted molar refractivity (Wildman–Crippen MR) is 59.0 cm³/mol. The molecule has 0 radical (unpaired) electrons. The monoisotopic (exact) mass is 215 g/mol. The molecule has 78 valence electrons. The number of nitrogens with one attached hydrogen (secondary N) is 1. The van der Waals surface area contributed by atoms with Crippen LogP contribution in [-0.2, 0) is 4.79 Å². The van der Waals surface area contributed by atoms with Crippen LogP contribution in [0.2, 0.25) is 0 Å². The van der Waals surface area contributed by atoms with E-state index < -0.39 is 11.5 Å². The molecule has 4 heteroatoms. The van der Waals surface area contributed by atoms with Crippen LogP contribution in [0.15, 0.2) is 30.3 Å². The van der Waals surface area contributed by atoms with Gasteiger partial charge in [-0.3, -0.25) is 0 Å². The highest BCUT2D eigenvalue weighted by atomic mass is 35.5. The van der Waals surface area contributed by atoms with Crippen molar-refractivity contribution in [2.75, 3.05) is 5.32 Å². The van der Waals surface area contributed by atoms with Gasteiger partial charge in [0.1, 0.15) is 5.54 Å². The van der Waals surface area contributed by atoms with E-state index >= 15 is 0 Å². The van der Waals surface area contributed by atoms with Crippen LogP contribution in [0.25, 0.3) is 0 Å². The molecule has 0 aromatic heterocycles. The van der Waals surface area contributed by atoms with Crippen molar-refractivity contribution in [1.82, 2.24) is 0 Å². The molecule has 0 bridgehead atoms. The van der Waals surface area contributed by atoms with Crippen molar-refractivity contribution in [2.24, 2.45) is 0 Å². The summed E-state index contributed by atoms with van der Waals surface area (Å²) in [7, 11) is 0. The molecule has 0 saturated heterocycles. The van der Waals surface area contributed by atoms with Crippen LogP contribution in [0, 0.1) is 0 Å². The number of carbonyl (C=O) groups is 1. The van der Waals surface area contributed by atoms with Gasteiger partial charge in [-0.1, -0.05) is 18.2 Å². The quantitative estimate of drug-likeness (QED) is 0.814. The van der Waals surface area contributed by atoms with Gasteiger partial charge in [0.05, 0.1) is 0 Å². The van der Waals surface area contributed by atoms with E-state index in [9.17, 15) is 4.79 Å². The van der Waals surface area contributed by atoms with Gasteiger partial charge >= 0.3 is 5.97 Å². The number of para-hydroxylation sites is 1. The SMILES string of the molecule is CC(C)(Nc1ccccc1)C(=O)O.Cl. The molecule has 0 aliphatic carbocycles. The van der Waals surface area contributed by atoms with Crippen molar-refractivity contribution in [3.63, 3.8) is 0 Å². The van der Waals surface area contributed by atoms with Crippen LogP contribution in [-0.4, -0.2) is 16.6 Å². The van der Waals surface area contributed by atoms with Gasteiger partial charge in [0, 0.05) is 5.69 Å². The van der Waals surface area contributed by atoms with Crippen LogP contribution in [0.5, 0.6) is 0 Å². The Bertz CT molecular complexity index is 298. The molecule has 0 atom stereocenters. The Morgan fingerprint density at radius 2 is 1.79 bits per heavy atom. The van der Waals surface area contributed by atoms with Gasteiger partial charge in [0.2, 0.25) is 0 Å². The zero-order chi connectivity index (χ0) is 9.90. The average molecular weight is 216 g/mol. The summed E-state index contributed by atoms with van der Waals surface area (Å²) in [6.07, 6.45) is 0. The van der Waals surface area contributed by atoms with Crippen LogP contribution < -0.4 is 5.32 Å². The smallest absolute Gasteiger partial charge is 0.328 e. The fraction of sp³-hybridized carbons (Fsp3) is 0.300. The van der Waals surface area contributed by atoms with E-state index in [0.29, 0.717) is 0 Å². The van der Waals surface area contributed by atoms with Gasteiger partial charge in [0.15, 0.2) is 0 Å². The van der Waals surface area contributed by atoms with E-state index in [4.69, 9.17) is 5.11 Å². The summed E-state index contributed by atoms with van der Waals surface area (Å²) in [6.45, 7) is 3.25. The summed E-state index contributed by atoms with van der Waals surface area (Å²) < 4.78 is 0. The number of halogens is 1. The second kappa shape index (κ2) is 4.86. The first-order valence-corrected chi connectivity index (χ1v) is 4.09. The fourth-order valence-corrected chi connectivity index (χ4v) is 0.936. The predicted octanol–water partition coefficient (Wildman–Crippen LogP) is 2.38. The van der Waals surface area contributed by atoms with Crippen molar-refractivity contribution in [2.45, 2.75) is 19.4 Å². The highest BCUT2D eigenvalue weighted by Gasteiger charge is 2.26. The minimum atomic E-state index is -0.929. The van der Waals surface area contributed by atoms with Gasteiger partial charge in [-0.15, -0.1) is 12.4 Å². The van der Waals surface area contributed by atoms with Crippen molar-refractivity contribution < 1.29 is 9.90 Å². The van der Waals surface area contributed by atoms with Gasteiger partial charge in [-0.05, 0) is 26.0 Å². The lowest BCUT2D eigenvalue weighted by Crippen LogP contribution is -2.39. The van der Waals surface area contributed by atoms with E-state index in [1.165, 1.54) is 0 Å². The molecule has 0 saturated carbocycles. The molecule has 0 heterocycles. The molecule has 1 rings (SSSR count).